The molecule has 0 aromatic carbocycles. The van der Waals surface area contributed by atoms with Gasteiger partial charge >= 0.3 is 0 Å². The highest BCUT2D eigenvalue weighted by Gasteiger charge is 2.16. The van der Waals surface area contributed by atoms with Gasteiger partial charge in [0.15, 0.2) is 0 Å². The molecule has 0 spiro atoms. The minimum atomic E-state index is 0. The normalized spacial score (nSPS) is 19.2. The van der Waals surface area contributed by atoms with E-state index in [9.17, 15) is 0 Å². The maximum Gasteiger partial charge on any atom is 0.0650 e. The molecule has 0 saturated carbocycles. The summed E-state index contributed by atoms with van der Waals surface area (Å²) < 4.78 is 15.6. The second-order valence-electron chi connectivity index (χ2n) is 8.69. The van der Waals surface area contributed by atoms with Crippen molar-refractivity contribution in [2.45, 2.75) is 96.6 Å². The highest BCUT2D eigenvalue weighted by atomic mass is 16.5. The molecule has 3 rings (SSSR count). The van der Waals surface area contributed by atoms with E-state index in [0.29, 0.717) is 12.0 Å². The molecule has 0 radical (unpaired) electrons. The van der Waals surface area contributed by atoms with Gasteiger partial charge in [-0.1, -0.05) is 69.1 Å². The fourth-order valence-corrected chi connectivity index (χ4v) is 3.54. The lowest BCUT2D eigenvalue weighted by atomic mass is 9.89. The van der Waals surface area contributed by atoms with Crippen LogP contribution in [0.3, 0.4) is 0 Å². The molecule has 0 bridgehead atoms. The molecule has 0 N–H and O–H groups in total. The van der Waals surface area contributed by atoms with Crippen LogP contribution in [0, 0.1) is 17.8 Å². The van der Waals surface area contributed by atoms with E-state index < -0.39 is 0 Å². The van der Waals surface area contributed by atoms with Crippen LogP contribution in [0.2, 0.25) is 0 Å². The van der Waals surface area contributed by atoms with Crippen LogP contribution in [0.1, 0.15) is 90.5 Å². The van der Waals surface area contributed by atoms with Crippen molar-refractivity contribution in [1.29, 1.82) is 0 Å². The molecule has 2 saturated heterocycles. The molecule has 4 nitrogen and oxygen atoms in total. The Morgan fingerprint density at radius 3 is 1.55 bits per heavy atom. The zero-order valence-electron chi connectivity index (χ0n) is 18.8. The monoisotopic (exact) mass is 447 g/mol. The topological polar surface area (TPSA) is 30.9 Å². The number of ether oxygens (including phenoxy) is 3. The maximum atomic E-state index is 5.25. The number of hydrogen-bond donors (Lipinski definition) is 0. The Hall–Kier alpha value is -0.420. The number of morpholine rings is 1. The fourth-order valence-electron chi connectivity index (χ4n) is 3.54. The second kappa shape index (κ2) is 22.8. The van der Waals surface area contributed by atoms with Crippen molar-refractivity contribution < 1.29 is 14.2 Å². The summed E-state index contributed by atoms with van der Waals surface area (Å²) in [5.74, 6) is 2.50. The second-order valence-corrected chi connectivity index (χ2v) is 8.69. The molecular formula is C27H61NO3. The van der Waals surface area contributed by atoms with Gasteiger partial charge in [-0.05, 0) is 50.9 Å². The first-order valence-corrected chi connectivity index (χ1v) is 11.1. The van der Waals surface area contributed by atoms with Crippen LogP contribution >= 0.6 is 0 Å². The van der Waals surface area contributed by atoms with Crippen LogP contribution in [-0.2, 0) is 14.2 Å². The van der Waals surface area contributed by atoms with E-state index in [-0.39, 0.29) is 29.7 Å². The highest BCUT2D eigenvalue weighted by Crippen LogP contribution is 2.22. The number of nitrogens with zero attached hydrogens (tertiary/aromatic N) is 1. The Morgan fingerprint density at radius 2 is 1.26 bits per heavy atom. The van der Waals surface area contributed by atoms with Gasteiger partial charge in [0, 0.05) is 32.3 Å². The smallest absolute Gasteiger partial charge is 0.0650 e. The predicted octanol–water partition coefficient (Wildman–Crippen LogP) is 7.33. The Labute approximate surface area is 198 Å². The van der Waals surface area contributed by atoms with Gasteiger partial charge in [-0.2, -0.15) is 0 Å². The summed E-state index contributed by atoms with van der Waals surface area (Å²) >= 11 is 0. The van der Waals surface area contributed by atoms with Gasteiger partial charge < -0.3 is 14.2 Å². The van der Waals surface area contributed by atoms with Crippen molar-refractivity contribution in [3.63, 3.8) is 0 Å². The molecule has 3 aliphatic rings. The summed E-state index contributed by atoms with van der Waals surface area (Å²) in [7, 11) is 0. The zero-order valence-corrected chi connectivity index (χ0v) is 18.8. The van der Waals surface area contributed by atoms with E-state index in [1.807, 2.05) is 0 Å². The van der Waals surface area contributed by atoms with Gasteiger partial charge in [0.2, 0.25) is 0 Å². The summed E-state index contributed by atoms with van der Waals surface area (Å²) in [5, 5.41) is 0. The molecule has 0 aromatic heterocycles. The molecule has 4 heteroatoms. The summed E-state index contributed by atoms with van der Waals surface area (Å²) in [4.78, 5) is 2.43. The summed E-state index contributed by atoms with van der Waals surface area (Å²) in [6, 6.07) is 0.689. The lowest BCUT2D eigenvalue weighted by Crippen LogP contribution is -2.40. The Balaban J connectivity index is -0.000000166. The van der Waals surface area contributed by atoms with Gasteiger partial charge in [0.25, 0.3) is 0 Å². The summed E-state index contributed by atoms with van der Waals surface area (Å²) in [6.45, 7) is 21.3. The first-order valence-electron chi connectivity index (χ1n) is 11.1. The Bertz CT molecular complexity index is 360. The van der Waals surface area contributed by atoms with Crippen LogP contribution < -0.4 is 0 Å². The van der Waals surface area contributed by atoms with Crippen molar-refractivity contribution in [1.82, 2.24) is 4.90 Å². The Morgan fingerprint density at radius 1 is 0.742 bits per heavy atom. The standard InChI is InChI=1S/C8H16O.C8H14O.C7H15NO.4CH4/c3*1-7(2)8-3-5-9-6-4-8;;;;/h7-8H,3-6H2,1-2H3;3,7H,4-6H2,1-2H3;7H,3-6H2,1-2H3;4*1H4. The SMILES string of the molecule is C.C.C.C.CC(C)C1=CCOCC1.CC(C)C1CCOCC1.CC(C)N1CCOCC1. The average molecular weight is 448 g/mol. The van der Waals surface area contributed by atoms with Crippen molar-refractivity contribution in [3.05, 3.63) is 11.6 Å². The van der Waals surface area contributed by atoms with Gasteiger partial charge in [-0.3, -0.25) is 4.90 Å². The summed E-state index contributed by atoms with van der Waals surface area (Å²) in [5.41, 5.74) is 1.56. The molecule has 192 valence electrons. The van der Waals surface area contributed by atoms with Crippen molar-refractivity contribution in [3.8, 4) is 0 Å². The summed E-state index contributed by atoms with van der Waals surface area (Å²) in [6.07, 6.45) is 5.89. The minimum absolute atomic E-state index is 0. The van der Waals surface area contributed by atoms with Crippen LogP contribution in [0.15, 0.2) is 11.6 Å². The molecule has 31 heavy (non-hydrogen) atoms. The molecule has 0 aromatic rings. The molecule has 0 aliphatic carbocycles. The largest absolute Gasteiger partial charge is 0.381 e. The minimum Gasteiger partial charge on any atom is -0.381 e. The van der Waals surface area contributed by atoms with E-state index in [2.05, 4.69) is 52.5 Å². The van der Waals surface area contributed by atoms with E-state index in [0.717, 1.165) is 71.0 Å². The van der Waals surface area contributed by atoms with Crippen LogP contribution in [0.4, 0.5) is 0 Å². The lowest BCUT2D eigenvalue weighted by Gasteiger charge is -2.29. The third-order valence-corrected chi connectivity index (χ3v) is 5.72. The third kappa shape index (κ3) is 17.8. The molecule has 0 amide bonds. The van der Waals surface area contributed by atoms with E-state index in [1.54, 1.807) is 5.57 Å². The third-order valence-electron chi connectivity index (χ3n) is 5.72. The number of hydrogen-bond acceptors (Lipinski definition) is 4. The lowest BCUT2D eigenvalue weighted by molar-refractivity contribution is 0.0238. The molecule has 0 atom stereocenters. The first-order chi connectivity index (χ1) is 12.9. The average Bonchev–Trinajstić information content (AvgIpc) is 2.71. The van der Waals surface area contributed by atoms with Crippen LogP contribution in [0.5, 0.6) is 0 Å². The Kier molecular flexibility index (Phi) is 27.8. The van der Waals surface area contributed by atoms with E-state index in [1.165, 1.54) is 12.8 Å². The van der Waals surface area contributed by atoms with Crippen LogP contribution in [0.25, 0.3) is 0 Å². The number of rotatable bonds is 3. The van der Waals surface area contributed by atoms with E-state index >= 15 is 0 Å². The van der Waals surface area contributed by atoms with Gasteiger partial charge in [-0.25, -0.2) is 0 Å². The van der Waals surface area contributed by atoms with Gasteiger partial charge in [0.1, 0.15) is 0 Å². The fraction of sp³-hybridized carbons (Fsp3) is 0.926. The van der Waals surface area contributed by atoms with Gasteiger partial charge in [0.05, 0.1) is 26.4 Å². The molecule has 3 heterocycles. The van der Waals surface area contributed by atoms with Crippen molar-refractivity contribution >= 4 is 0 Å². The molecule has 2 fully saturated rings. The van der Waals surface area contributed by atoms with Gasteiger partial charge in [-0.15, -0.1) is 0 Å². The van der Waals surface area contributed by atoms with Crippen molar-refractivity contribution in [2.75, 3.05) is 52.7 Å². The van der Waals surface area contributed by atoms with Crippen molar-refractivity contribution in [2.24, 2.45) is 17.8 Å². The van der Waals surface area contributed by atoms with Crippen LogP contribution in [-0.4, -0.2) is 63.7 Å². The molecule has 0 unspecified atom stereocenters. The molecular weight excluding hydrogens is 386 g/mol. The highest BCUT2D eigenvalue weighted by molar-refractivity contribution is 5.06. The quantitative estimate of drug-likeness (QED) is 0.424. The molecule has 3 aliphatic heterocycles. The zero-order chi connectivity index (χ0) is 20.1. The van der Waals surface area contributed by atoms with E-state index in [4.69, 9.17) is 14.2 Å². The first kappa shape index (κ1) is 37.9. The maximum absolute atomic E-state index is 5.25. The predicted molar refractivity (Wildman–Crippen MR) is 141 cm³/mol.